The summed E-state index contributed by atoms with van der Waals surface area (Å²) in [6, 6.07) is 18.4. The van der Waals surface area contributed by atoms with Gasteiger partial charge in [-0.3, -0.25) is 0 Å². The van der Waals surface area contributed by atoms with Crippen molar-refractivity contribution >= 4 is 11.6 Å². The first-order chi connectivity index (χ1) is 11.1. The van der Waals surface area contributed by atoms with Crippen molar-refractivity contribution in [1.82, 2.24) is 9.97 Å². The Hall–Kier alpha value is -2.27. The average Bonchev–Trinajstić information content (AvgIpc) is 2.61. The van der Waals surface area contributed by atoms with Gasteiger partial charge in [0, 0.05) is 10.6 Å². The highest BCUT2D eigenvalue weighted by atomic mass is 35.5. The molecule has 4 nitrogen and oxygen atoms in total. The Labute approximate surface area is 140 Å². The maximum Gasteiger partial charge on any atom is 0.116 e. The smallest absolute Gasteiger partial charge is 0.116 e. The van der Waals surface area contributed by atoms with Crippen LogP contribution in [-0.4, -0.2) is 9.97 Å². The lowest BCUT2D eigenvalue weighted by Gasteiger charge is -2.20. The average molecular weight is 325 g/mol. The number of hydrogen-bond acceptors (Lipinski definition) is 4. The van der Waals surface area contributed by atoms with E-state index in [2.05, 4.69) is 9.97 Å². The fraction of sp³-hybridized carbons (Fsp3) is 0.111. The van der Waals surface area contributed by atoms with Crippen LogP contribution in [0.2, 0.25) is 5.02 Å². The number of benzene rings is 2. The van der Waals surface area contributed by atoms with Crippen molar-refractivity contribution < 1.29 is 0 Å². The molecule has 0 aliphatic rings. The summed E-state index contributed by atoms with van der Waals surface area (Å²) in [5.41, 5.74) is 15.9. The molecule has 0 saturated carbocycles. The third-order valence-corrected chi connectivity index (χ3v) is 3.96. The third kappa shape index (κ3) is 3.56. The van der Waals surface area contributed by atoms with Crippen molar-refractivity contribution in [3.05, 3.63) is 83.3 Å². The van der Waals surface area contributed by atoms with Gasteiger partial charge in [0.05, 0.1) is 23.5 Å². The summed E-state index contributed by atoms with van der Waals surface area (Å²) in [4.78, 5) is 8.58. The van der Waals surface area contributed by atoms with Gasteiger partial charge < -0.3 is 11.5 Å². The van der Waals surface area contributed by atoms with Crippen LogP contribution in [0.15, 0.2) is 67.0 Å². The van der Waals surface area contributed by atoms with Crippen LogP contribution in [0, 0.1) is 0 Å². The van der Waals surface area contributed by atoms with Crippen molar-refractivity contribution in [3.63, 3.8) is 0 Å². The molecule has 0 aliphatic heterocycles. The number of rotatable bonds is 4. The van der Waals surface area contributed by atoms with Crippen LogP contribution in [-0.2, 0) is 0 Å². The molecule has 116 valence electrons. The van der Waals surface area contributed by atoms with Gasteiger partial charge in [0.25, 0.3) is 0 Å². The van der Waals surface area contributed by atoms with Crippen molar-refractivity contribution in [2.45, 2.75) is 12.1 Å². The van der Waals surface area contributed by atoms with E-state index in [1.54, 1.807) is 0 Å². The number of halogens is 1. The zero-order valence-electron chi connectivity index (χ0n) is 12.4. The van der Waals surface area contributed by atoms with E-state index in [-0.39, 0.29) is 6.04 Å². The van der Waals surface area contributed by atoms with Gasteiger partial charge in [-0.2, -0.15) is 0 Å². The molecule has 5 heteroatoms. The minimum atomic E-state index is -0.418. The zero-order valence-corrected chi connectivity index (χ0v) is 13.2. The van der Waals surface area contributed by atoms with E-state index in [0.717, 1.165) is 16.8 Å². The first-order valence-corrected chi connectivity index (χ1v) is 7.67. The molecule has 0 bridgehead atoms. The monoisotopic (exact) mass is 324 g/mol. The molecule has 0 fully saturated rings. The molecular formula is C18H17ClN4. The number of nitrogens with two attached hydrogens (primary N) is 2. The molecular weight excluding hydrogens is 308 g/mol. The molecule has 4 N–H and O–H groups in total. The van der Waals surface area contributed by atoms with Gasteiger partial charge in [0.1, 0.15) is 6.33 Å². The second-order valence-corrected chi connectivity index (χ2v) is 5.74. The number of nitrogens with zero attached hydrogens (tertiary/aromatic N) is 2. The summed E-state index contributed by atoms with van der Waals surface area (Å²) < 4.78 is 0. The lowest BCUT2D eigenvalue weighted by atomic mass is 9.97. The first kappa shape index (κ1) is 15.6. The molecule has 3 aromatic rings. The molecule has 2 aromatic carbocycles. The summed E-state index contributed by atoms with van der Waals surface area (Å²) >= 11 is 6.04. The molecule has 0 amide bonds. The second-order valence-electron chi connectivity index (χ2n) is 5.30. The lowest BCUT2D eigenvalue weighted by molar-refractivity contribution is 0.559. The van der Waals surface area contributed by atoms with Gasteiger partial charge in [-0.1, -0.05) is 54.1 Å². The fourth-order valence-electron chi connectivity index (χ4n) is 2.43. The molecule has 1 aromatic heterocycles. The molecule has 3 rings (SSSR count). The molecule has 1 heterocycles. The zero-order chi connectivity index (χ0) is 16.2. The molecule has 0 spiro atoms. The topological polar surface area (TPSA) is 77.8 Å². The Bertz CT molecular complexity index is 792. The number of aromatic nitrogens is 2. The second kappa shape index (κ2) is 6.87. The lowest BCUT2D eigenvalue weighted by Crippen LogP contribution is -2.27. The predicted molar refractivity (Wildman–Crippen MR) is 92.8 cm³/mol. The summed E-state index contributed by atoms with van der Waals surface area (Å²) in [6.07, 6.45) is 1.50. The molecule has 2 unspecified atom stereocenters. The maximum atomic E-state index is 6.31. The summed E-state index contributed by atoms with van der Waals surface area (Å²) in [7, 11) is 0. The van der Waals surface area contributed by atoms with Gasteiger partial charge >= 0.3 is 0 Å². The van der Waals surface area contributed by atoms with E-state index >= 15 is 0 Å². The molecule has 0 saturated heterocycles. The van der Waals surface area contributed by atoms with Crippen LogP contribution in [0.3, 0.4) is 0 Å². The van der Waals surface area contributed by atoms with Gasteiger partial charge in [0.15, 0.2) is 0 Å². The minimum Gasteiger partial charge on any atom is -0.322 e. The normalized spacial score (nSPS) is 13.5. The van der Waals surface area contributed by atoms with Gasteiger partial charge in [-0.15, -0.1) is 0 Å². The van der Waals surface area contributed by atoms with E-state index in [1.807, 2.05) is 60.7 Å². The first-order valence-electron chi connectivity index (χ1n) is 7.29. The summed E-state index contributed by atoms with van der Waals surface area (Å²) in [6.45, 7) is 0. The van der Waals surface area contributed by atoms with Crippen LogP contribution in [0.4, 0.5) is 0 Å². The minimum absolute atomic E-state index is 0.335. The largest absolute Gasteiger partial charge is 0.322 e. The van der Waals surface area contributed by atoms with E-state index in [1.165, 1.54) is 6.33 Å². The Kier molecular flexibility index (Phi) is 4.67. The third-order valence-electron chi connectivity index (χ3n) is 3.72. The van der Waals surface area contributed by atoms with Gasteiger partial charge in [0.2, 0.25) is 0 Å². The van der Waals surface area contributed by atoms with Crippen LogP contribution in [0.5, 0.6) is 0 Å². The predicted octanol–water partition coefficient (Wildman–Crippen LogP) is 3.50. The Morgan fingerprint density at radius 3 is 2.35 bits per heavy atom. The van der Waals surface area contributed by atoms with E-state index in [9.17, 15) is 0 Å². The standard InChI is InChI=1S/C18H17ClN4/c19-14-8-4-7-13(9-14)15-10-16(23-11-22-15)18(21)17(20)12-5-2-1-3-6-12/h1-11,17-18H,20-21H2. The molecule has 0 aliphatic carbocycles. The number of hydrogen-bond donors (Lipinski definition) is 2. The van der Waals surface area contributed by atoms with Crippen LogP contribution in [0.25, 0.3) is 11.3 Å². The van der Waals surface area contributed by atoms with Crippen LogP contribution in [0.1, 0.15) is 23.3 Å². The highest BCUT2D eigenvalue weighted by Crippen LogP contribution is 2.26. The van der Waals surface area contributed by atoms with Crippen LogP contribution < -0.4 is 11.5 Å². The highest BCUT2D eigenvalue weighted by molar-refractivity contribution is 6.30. The van der Waals surface area contributed by atoms with E-state index < -0.39 is 6.04 Å². The van der Waals surface area contributed by atoms with E-state index in [0.29, 0.717) is 10.7 Å². The molecule has 0 radical (unpaired) electrons. The van der Waals surface area contributed by atoms with Crippen molar-refractivity contribution in [3.8, 4) is 11.3 Å². The Morgan fingerprint density at radius 2 is 1.61 bits per heavy atom. The van der Waals surface area contributed by atoms with Crippen molar-refractivity contribution in [2.75, 3.05) is 0 Å². The van der Waals surface area contributed by atoms with Crippen molar-refractivity contribution in [1.29, 1.82) is 0 Å². The fourth-order valence-corrected chi connectivity index (χ4v) is 2.62. The summed E-state index contributed by atoms with van der Waals surface area (Å²) in [5.74, 6) is 0. The Morgan fingerprint density at radius 1 is 0.826 bits per heavy atom. The Balaban J connectivity index is 1.90. The summed E-state index contributed by atoms with van der Waals surface area (Å²) in [5, 5.41) is 0.660. The maximum absolute atomic E-state index is 6.31. The molecule has 2 atom stereocenters. The van der Waals surface area contributed by atoms with E-state index in [4.69, 9.17) is 23.1 Å². The van der Waals surface area contributed by atoms with Gasteiger partial charge in [-0.25, -0.2) is 9.97 Å². The quantitative estimate of drug-likeness (QED) is 0.770. The molecule has 23 heavy (non-hydrogen) atoms. The highest BCUT2D eigenvalue weighted by Gasteiger charge is 2.19. The van der Waals surface area contributed by atoms with Crippen LogP contribution >= 0.6 is 11.6 Å². The van der Waals surface area contributed by atoms with Crippen molar-refractivity contribution in [2.24, 2.45) is 11.5 Å². The van der Waals surface area contributed by atoms with Gasteiger partial charge in [-0.05, 0) is 23.8 Å². The SMILES string of the molecule is NC(c1ccccc1)C(N)c1cc(-c2cccc(Cl)c2)ncn1.